The fourth-order valence-electron chi connectivity index (χ4n) is 2.18. The van der Waals surface area contributed by atoms with Crippen LogP contribution in [0.15, 0.2) is 83.5 Å². The zero-order valence-electron chi connectivity index (χ0n) is 11.7. The number of aromatic nitrogens is 1. The second kappa shape index (κ2) is 6.54. The van der Waals surface area contributed by atoms with E-state index in [2.05, 4.69) is 20.9 Å². The number of hydrogen-bond donors (Lipinski definition) is 0. The number of anilines is 2. The van der Waals surface area contributed by atoms with Crippen LogP contribution in [-0.2, 0) is 0 Å². The molecule has 4 heteroatoms. The van der Waals surface area contributed by atoms with Crippen molar-refractivity contribution in [2.45, 2.75) is 0 Å². The van der Waals surface area contributed by atoms with E-state index >= 15 is 0 Å². The van der Waals surface area contributed by atoms with E-state index in [0.717, 1.165) is 15.8 Å². The predicted octanol–water partition coefficient (Wildman–Crippen LogP) is 4.82. The Kier molecular flexibility index (Phi) is 4.30. The van der Waals surface area contributed by atoms with E-state index in [9.17, 15) is 4.79 Å². The summed E-state index contributed by atoms with van der Waals surface area (Å²) in [6.07, 6.45) is 1.62. The molecule has 3 nitrogen and oxygen atoms in total. The Morgan fingerprint density at radius 3 is 2.27 bits per heavy atom. The lowest BCUT2D eigenvalue weighted by molar-refractivity contribution is 0.0994. The molecule has 1 aromatic heterocycles. The summed E-state index contributed by atoms with van der Waals surface area (Å²) < 4.78 is 0.916. The van der Waals surface area contributed by atoms with Gasteiger partial charge in [-0.3, -0.25) is 14.7 Å². The maximum atomic E-state index is 12.9. The second-order valence-corrected chi connectivity index (χ2v) is 5.59. The van der Waals surface area contributed by atoms with Gasteiger partial charge in [-0.05, 0) is 42.5 Å². The molecule has 0 atom stereocenters. The van der Waals surface area contributed by atoms with E-state index < -0.39 is 0 Å². The van der Waals surface area contributed by atoms with Crippen molar-refractivity contribution >= 4 is 33.2 Å². The number of carbonyl (C=O) groups excluding carboxylic acids is 1. The maximum Gasteiger partial charge on any atom is 0.281 e. The van der Waals surface area contributed by atoms with Gasteiger partial charge in [0.2, 0.25) is 0 Å². The highest BCUT2D eigenvalue weighted by molar-refractivity contribution is 9.10. The minimum atomic E-state index is -0.162. The summed E-state index contributed by atoms with van der Waals surface area (Å²) in [4.78, 5) is 18.7. The van der Waals surface area contributed by atoms with Crippen molar-refractivity contribution in [2.24, 2.45) is 0 Å². The molecule has 0 fully saturated rings. The fraction of sp³-hybridized carbons (Fsp3) is 0. The minimum Gasteiger partial charge on any atom is -0.276 e. The normalized spacial score (nSPS) is 10.2. The Hall–Kier alpha value is -2.46. The Labute approximate surface area is 137 Å². The molecular formula is C18H13BrN2O. The Bertz CT molecular complexity index is 775. The Morgan fingerprint density at radius 2 is 1.59 bits per heavy atom. The summed E-state index contributed by atoms with van der Waals surface area (Å²) in [6.45, 7) is 0. The number of halogens is 1. The first-order chi connectivity index (χ1) is 10.8. The molecular weight excluding hydrogens is 340 g/mol. The van der Waals surface area contributed by atoms with Crippen molar-refractivity contribution in [1.82, 2.24) is 4.98 Å². The molecule has 0 aliphatic rings. The van der Waals surface area contributed by atoms with E-state index in [1.807, 2.05) is 60.7 Å². The molecule has 2 aromatic carbocycles. The van der Waals surface area contributed by atoms with E-state index in [1.165, 1.54) is 0 Å². The van der Waals surface area contributed by atoms with Crippen molar-refractivity contribution in [3.63, 3.8) is 0 Å². The average molecular weight is 353 g/mol. The highest BCUT2D eigenvalue weighted by Crippen LogP contribution is 2.29. The van der Waals surface area contributed by atoms with Crippen LogP contribution in [-0.4, -0.2) is 10.9 Å². The molecule has 108 valence electrons. The monoisotopic (exact) mass is 352 g/mol. The molecule has 0 spiro atoms. The predicted molar refractivity (Wildman–Crippen MR) is 91.3 cm³/mol. The SMILES string of the molecule is O=C(c1ccccn1)N(c1ccccc1)c1cccc(Br)c1. The van der Waals surface area contributed by atoms with Gasteiger partial charge in [0.15, 0.2) is 0 Å². The van der Waals surface area contributed by atoms with Crippen LogP contribution in [0.2, 0.25) is 0 Å². The average Bonchev–Trinajstić information content (AvgIpc) is 2.57. The molecule has 0 bridgehead atoms. The Balaban J connectivity index is 2.10. The lowest BCUT2D eigenvalue weighted by Crippen LogP contribution is -2.26. The third-order valence-corrected chi connectivity index (χ3v) is 3.66. The number of benzene rings is 2. The molecule has 0 aliphatic heterocycles. The largest absolute Gasteiger partial charge is 0.281 e. The number of amides is 1. The van der Waals surface area contributed by atoms with E-state index in [0.29, 0.717) is 5.69 Å². The van der Waals surface area contributed by atoms with Gasteiger partial charge in [0, 0.05) is 16.4 Å². The number of pyridine rings is 1. The number of carbonyl (C=O) groups is 1. The highest BCUT2D eigenvalue weighted by Gasteiger charge is 2.20. The van der Waals surface area contributed by atoms with Crippen LogP contribution >= 0.6 is 15.9 Å². The molecule has 3 aromatic rings. The number of hydrogen-bond acceptors (Lipinski definition) is 2. The molecule has 22 heavy (non-hydrogen) atoms. The van der Waals surface area contributed by atoms with Gasteiger partial charge in [-0.25, -0.2) is 0 Å². The van der Waals surface area contributed by atoms with Crippen molar-refractivity contribution < 1.29 is 4.79 Å². The summed E-state index contributed by atoms with van der Waals surface area (Å²) in [5.74, 6) is -0.162. The van der Waals surface area contributed by atoms with Gasteiger partial charge in [0.05, 0.1) is 5.69 Å². The van der Waals surface area contributed by atoms with Crippen molar-refractivity contribution in [3.05, 3.63) is 89.2 Å². The minimum absolute atomic E-state index is 0.162. The van der Waals surface area contributed by atoms with Gasteiger partial charge in [-0.15, -0.1) is 0 Å². The molecule has 3 rings (SSSR count). The molecule has 0 radical (unpaired) electrons. The number of para-hydroxylation sites is 1. The van der Waals surface area contributed by atoms with Gasteiger partial charge in [-0.1, -0.05) is 46.3 Å². The maximum absolute atomic E-state index is 12.9. The summed E-state index contributed by atoms with van der Waals surface area (Å²) in [5.41, 5.74) is 2.00. The lowest BCUT2D eigenvalue weighted by Gasteiger charge is -2.23. The van der Waals surface area contributed by atoms with Gasteiger partial charge in [0.1, 0.15) is 5.69 Å². The summed E-state index contributed by atoms with van der Waals surface area (Å²) in [7, 11) is 0. The highest BCUT2D eigenvalue weighted by atomic mass is 79.9. The molecule has 0 saturated carbocycles. The van der Waals surface area contributed by atoms with Crippen LogP contribution in [0.25, 0.3) is 0 Å². The van der Waals surface area contributed by atoms with Crippen LogP contribution in [0.1, 0.15) is 10.5 Å². The number of rotatable bonds is 3. The molecule has 0 N–H and O–H groups in total. The van der Waals surface area contributed by atoms with Gasteiger partial charge in [0.25, 0.3) is 5.91 Å². The van der Waals surface area contributed by atoms with Crippen LogP contribution in [0.3, 0.4) is 0 Å². The van der Waals surface area contributed by atoms with Crippen LogP contribution in [0.5, 0.6) is 0 Å². The first-order valence-corrected chi connectivity index (χ1v) is 7.61. The first kappa shape index (κ1) is 14.5. The summed E-state index contributed by atoms with van der Waals surface area (Å²) in [6, 6.07) is 22.5. The van der Waals surface area contributed by atoms with E-state index in [1.54, 1.807) is 23.2 Å². The van der Waals surface area contributed by atoms with E-state index in [4.69, 9.17) is 0 Å². The number of nitrogens with zero attached hydrogens (tertiary/aromatic N) is 2. The van der Waals surface area contributed by atoms with Crippen LogP contribution in [0.4, 0.5) is 11.4 Å². The lowest BCUT2D eigenvalue weighted by atomic mass is 10.2. The topological polar surface area (TPSA) is 33.2 Å². The molecule has 1 heterocycles. The first-order valence-electron chi connectivity index (χ1n) is 6.82. The quantitative estimate of drug-likeness (QED) is 0.676. The van der Waals surface area contributed by atoms with Gasteiger partial charge >= 0.3 is 0 Å². The smallest absolute Gasteiger partial charge is 0.276 e. The van der Waals surface area contributed by atoms with Crippen LogP contribution in [0, 0.1) is 0 Å². The van der Waals surface area contributed by atoms with Crippen molar-refractivity contribution in [2.75, 3.05) is 4.90 Å². The van der Waals surface area contributed by atoms with Gasteiger partial charge in [-0.2, -0.15) is 0 Å². The standard InChI is InChI=1S/C18H13BrN2O/c19-14-7-6-10-16(13-14)21(15-8-2-1-3-9-15)18(22)17-11-4-5-12-20-17/h1-13H. The molecule has 1 amide bonds. The fourth-order valence-corrected chi connectivity index (χ4v) is 2.57. The van der Waals surface area contributed by atoms with Gasteiger partial charge < -0.3 is 0 Å². The zero-order chi connectivity index (χ0) is 15.4. The van der Waals surface area contributed by atoms with Crippen LogP contribution < -0.4 is 4.90 Å². The third kappa shape index (κ3) is 3.07. The third-order valence-electron chi connectivity index (χ3n) is 3.17. The molecule has 0 aliphatic carbocycles. The van der Waals surface area contributed by atoms with Crippen molar-refractivity contribution in [3.8, 4) is 0 Å². The Morgan fingerprint density at radius 1 is 0.864 bits per heavy atom. The molecule has 0 unspecified atom stereocenters. The molecule has 0 saturated heterocycles. The van der Waals surface area contributed by atoms with E-state index in [-0.39, 0.29) is 5.91 Å². The summed E-state index contributed by atoms with van der Waals surface area (Å²) in [5, 5.41) is 0. The second-order valence-electron chi connectivity index (χ2n) is 4.67. The van der Waals surface area contributed by atoms with Crippen molar-refractivity contribution in [1.29, 1.82) is 0 Å². The summed E-state index contributed by atoms with van der Waals surface area (Å²) >= 11 is 3.45. The zero-order valence-corrected chi connectivity index (χ0v) is 13.3.